The standard InChI is InChI=1S/C24H30F3N7/c1-32-21(28)16-9-10-18(30-22(16)31-23(32)29)20-17(24(25,26)27)7-4-8-19(20)34-13-11-33(12-14-34)15-5-2-3-6-15/h4,7-10,15,21H,2-3,5-6,11-14,28H2,1H3,(H2,29,30,31). The molecule has 3 aliphatic rings. The Balaban J connectivity index is 1.53. The van der Waals surface area contributed by atoms with Crippen LogP contribution in [0.5, 0.6) is 0 Å². The van der Waals surface area contributed by atoms with Crippen molar-refractivity contribution in [1.29, 1.82) is 0 Å². The fraction of sp³-hybridized carbons (Fsp3) is 0.500. The maximum Gasteiger partial charge on any atom is 0.417 e. The number of benzene rings is 1. The van der Waals surface area contributed by atoms with Crippen molar-refractivity contribution in [2.75, 3.05) is 38.1 Å². The van der Waals surface area contributed by atoms with Crippen LogP contribution in [0.15, 0.2) is 35.3 Å². The van der Waals surface area contributed by atoms with E-state index in [0.29, 0.717) is 30.4 Å². The highest BCUT2D eigenvalue weighted by Gasteiger charge is 2.37. The third kappa shape index (κ3) is 4.09. The molecule has 182 valence electrons. The van der Waals surface area contributed by atoms with Gasteiger partial charge in [-0.25, -0.2) is 4.98 Å². The molecule has 3 heterocycles. The highest BCUT2D eigenvalue weighted by molar-refractivity contribution is 5.85. The monoisotopic (exact) mass is 473 g/mol. The summed E-state index contributed by atoms with van der Waals surface area (Å²) < 4.78 is 42.4. The summed E-state index contributed by atoms with van der Waals surface area (Å²) in [6, 6.07) is 8.26. The van der Waals surface area contributed by atoms with Crippen molar-refractivity contribution in [3.63, 3.8) is 0 Å². The summed E-state index contributed by atoms with van der Waals surface area (Å²) in [4.78, 5) is 14.9. The molecule has 1 saturated heterocycles. The Kier molecular flexibility index (Phi) is 5.89. The van der Waals surface area contributed by atoms with E-state index in [0.717, 1.165) is 19.2 Å². The zero-order valence-corrected chi connectivity index (χ0v) is 19.2. The molecule has 1 aromatic heterocycles. The molecule has 7 nitrogen and oxygen atoms in total. The first kappa shape index (κ1) is 22.9. The van der Waals surface area contributed by atoms with Gasteiger partial charge in [-0.2, -0.15) is 18.2 Å². The van der Waals surface area contributed by atoms with Crippen molar-refractivity contribution in [3.8, 4) is 11.3 Å². The highest BCUT2D eigenvalue weighted by Crippen LogP contribution is 2.43. The van der Waals surface area contributed by atoms with Gasteiger partial charge in [0.25, 0.3) is 0 Å². The second-order valence-corrected chi connectivity index (χ2v) is 9.29. The molecular weight excluding hydrogens is 443 g/mol. The molecule has 2 aromatic rings. The highest BCUT2D eigenvalue weighted by atomic mass is 19.4. The van der Waals surface area contributed by atoms with Crippen molar-refractivity contribution in [3.05, 3.63) is 41.5 Å². The van der Waals surface area contributed by atoms with Crippen LogP contribution in [0.2, 0.25) is 0 Å². The number of pyridine rings is 1. The van der Waals surface area contributed by atoms with E-state index >= 15 is 0 Å². The number of hydrogen-bond donors (Lipinski definition) is 2. The van der Waals surface area contributed by atoms with Gasteiger partial charge in [0.05, 0.1) is 11.3 Å². The van der Waals surface area contributed by atoms with Gasteiger partial charge in [-0.15, -0.1) is 0 Å². The van der Waals surface area contributed by atoms with E-state index in [9.17, 15) is 13.2 Å². The molecule has 5 rings (SSSR count). The molecule has 34 heavy (non-hydrogen) atoms. The molecule has 0 spiro atoms. The Morgan fingerprint density at radius 2 is 1.71 bits per heavy atom. The summed E-state index contributed by atoms with van der Waals surface area (Å²) in [7, 11) is 1.71. The Hall–Kier alpha value is -2.85. The van der Waals surface area contributed by atoms with Gasteiger partial charge >= 0.3 is 6.18 Å². The lowest BCUT2D eigenvalue weighted by Crippen LogP contribution is -2.50. The first-order valence-electron chi connectivity index (χ1n) is 11.8. The fourth-order valence-corrected chi connectivity index (χ4v) is 5.36. The minimum Gasteiger partial charge on any atom is -0.369 e. The molecule has 1 atom stereocenters. The molecule has 0 amide bonds. The first-order valence-corrected chi connectivity index (χ1v) is 11.8. The van der Waals surface area contributed by atoms with Gasteiger partial charge < -0.3 is 21.3 Å². The number of piperazine rings is 1. The third-order valence-corrected chi connectivity index (χ3v) is 7.32. The molecule has 0 radical (unpaired) electrons. The average Bonchev–Trinajstić information content (AvgIpc) is 3.36. The number of guanidine groups is 1. The summed E-state index contributed by atoms with van der Waals surface area (Å²) in [5.41, 5.74) is 12.9. The second kappa shape index (κ2) is 8.74. The lowest BCUT2D eigenvalue weighted by atomic mass is 9.98. The van der Waals surface area contributed by atoms with Gasteiger partial charge in [0.15, 0.2) is 11.8 Å². The lowest BCUT2D eigenvalue weighted by Gasteiger charge is -2.40. The molecule has 2 aliphatic heterocycles. The third-order valence-electron chi connectivity index (χ3n) is 7.32. The average molecular weight is 474 g/mol. The Morgan fingerprint density at radius 1 is 1.00 bits per heavy atom. The van der Waals surface area contributed by atoms with Gasteiger partial charge in [0.2, 0.25) is 0 Å². The van der Waals surface area contributed by atoms with Gasteiger partial charge in [-0.05, 0) is 37.1 Å². The van der Waals surface area contributed by atoms with Gasteiger partial charge in [0, 0.05) is 56.1 Å². The van der Waals surface area contributed by atoms with Crippen LogP contribution in [0.3, 0.4) is 0 Å². The second-order valence-electron chi connectivity index (χ2n) is 9.29. The van der Waals surface area contributed by atoms with Crippen LogP contribution in [-0.4, -0.2) is 60.0 Å². The van der Waals surface area contributed by atoms with Crippen LogP contribution in [0.25, 0.3) is 11.3 Å². The normalized spacial score (nSPS) is 22.1. The van der Waals surface area contributed by atoms with Crippen molar-refractivity contribution in [1.82, 2.24) is 14.8 Å². The number of fused-ring (bicyclic) bond motifs is 1. The minimum absolute atomic E-state index is 0.0772. The zero-order valence-electron chi connectivity index (χ0n) is 19.2. The molecule has 0 bridgehead atoms. The Bertz CT molecular complexity index is 1090. The van der Waals surface area contributed by atoms with E-state index in [-0.39, 0.29) is 23.0 Å². The van der Waals surface area contributed by atoms with Crippen molar-refractivity contribution in [2.45, 2.75) is 44.1 Å². The van der Waals surface area contributed by atoms with Crippen LogP contribution < -0.4 is 16.4 Å². The smallest absolute Gasteiger partial charge is 0.369 e. The molecule has 4 N–H and O–H groups in total. The van der Waals surface area contributed by atoms with Gasteiger partial charge in [0.1, 0.15) is 6.17 Å². The zero-order chi connectivity index (χ0) is 24.0. The summed E-state index contributed by atoms with van der Waals surface area (Å²) >= 11 is 0. The van der Waals surface area contributed by atoms with E-state index in [2.05, 4.69) is 14.9 Å². The molecule has 1 aromatic carbocycles. The first-order chi connectivity index (χ1) is 16.2. The van der Waals surface area contributed by atoms with Crippen LogP contribution in [0.4, 0.5) is 24.7 Å². The van der Waals surface area contributed by atoms with E-state index in [4.69, 9.17) is 11.5 Å². The summed E-state index contributed by atoms with van der Waals surface area (Å²) in [5.74, 6) is 0.437. The predicted octanol–water partition coefficient (Wildman–Crippen LogP) is 3.68. The maximum absolute atomic E-state index is 14.1. The van der Waals surface area contributed by atoms with E-state index in [1.165, 1.54) is 31.7 Å². The number of hydrogen-bond acceptors (Lipinski definition) is 7. The molecular formula is C24H30F3N7. The SMILES string of the molecule is CN1C(N)=Nc2nc(-c3c(N4CCN(C5CCCC5)CC4)cccc3C(F)(F)F)ccc2C1N. The summed E-state index contributed by atoms with van der Waals surface area (Å²) in [5, 5.41) is 0. The maximum atomic E-state index is 14.1. The van der Waals surface area contributed by atoms with E-state index in [1.54, 1.807) is 30.1 Å². The van der Waals surface area contributed by atoms with E-state index in [1.807, 2.05) is 4.90 Å². The lowest BCUT2D eigenvalue weighted by molar-refractivity contribution is -0.137. The number of rotatable bonds is 3. The van der Waals surface area contributed by atoms with Gasteiger partial charge in [-0.3, -0.25) is 4.90 Å². The topological polar surface area (TPSA) is 87.0 Å². The summed E-state index contributed by atoms with van der Waals surface area (Å²) in [6.45, 7) is 3.05. The van der Waals surface area contributed by atoms with E-state index < -0.39 is 17.9 Å². The number of aliphatic imine (C=N–C) groups is 1. The number of alkyl halides is 3. The van der Waals surface area contributed by atoms with Crippen LogP contribution in [-0.2, 0) is 6.18 Å². The van der Waals surface area contributed by atoms with Crippen LogP contribution >= 0.6 is 0 Å². The fourth-order valence-electron chi connectivity index (χ4n) is 5.36. The number of aromatic nitrogens is 1. The van der Waals surface area contributed by atoms with Crippen molar-refractivity contribution < 1.29 is 13.2 Å². The number of nitrogens with zero attached hydrogens (tertiary/aromatic N) is 5. The van der Waals surface area contributed by atoms with Crippen LogP contribution in [0.1, 0.15) is 43.0 Å². The molecule has 1 unspecified atom stereocenters. The molecule has 10 heteroatoms. The molecule has 2 fully saturated rings. The van der Waals surface area contributed by atoms with Crippen LogP contribution in [0, 0.1) is 0 Å². The van der Waals surface area contributed by atoms with Crippen molar-refractivity contribution in [2.24, 2.45) is 16.5 Å². The number of halogens is 3. The van der Waals surface area contributed by atoms with Gasteiger partial charge in [-0.1, -0.05) is 18.9 Å². The number of anilines is 1. The predicted molar refractivity (Wildman–Crippen MR) is 127 cm³/mol. The Morgan fingerprint density at radius 3 is 2.38 bits per heavy atom. The largest absolute Gasteiger partial charge is 0.417 e. The summed E-state index contributed by atoms with van der Waals surface area (Å²) in [6.07, 6.45) is -0.120. The quantitative estimate of drug-likeness (QED) is 0.707. The molecule has 1 saturated carbocycles. The number of nitrogens with two attached hydrogens (primary N) is 2. The van der Waals surface area contributed by atoms with Crippen molar-refractivity contribution >= 4 is 17.5 Å². The Labute approximate surface area is 197 Å². The minimum atomic E-state index is -4.52. The molecule has 1 aliphatic carbocycles.